The van der Waals surface area contributed by atoms with E-state index in [0.717, 1.165) is 12.0 Å². The van der Waals surface area contributed by atoms with E-state index < -0.39 is 36.7 Å². The number of aliphatic hydroxyl groups excluding tert-OH is 3. The maximum atomic E-state index is 11.1. The van der Waals surface area contributed by atoms with Gasteiger partial charge in [-0.05, 0) is 38.1 Å². The Morgan fingerprint density at radius 3 is 2.50 bits per heavy atom. The SMILES string of the molecule is CNC(C)Cc1ccc(O[C@@H]2O[C@H](C(=O)O)[C@@H](O)[C@H](O)[C@H]2O)c(OC)c1. The van der Waals surface area contributed by atoms with Gasteiger partial charge < -0.3 is 40.0 Å². The zero-order chi connectivity index (χ0) is 19.4. The van der Waals surface area contributed by atoms with Crippen LogP contribution in [0.1, 0.15) is 12.5 Å². The van der Waals surface area contributed by atoms with E-state index in [9.17, 15) is 20.1 Å². The second-order valence-electron chi connectivity index (χ2n) is 6.23. The summed E-state index contributed by atoms with van der Waals surface area (Å²) in [5.41, 5.74) is 0.986. The molecule has 0 aromatic heterocycles. The normalized spacial score (nSPS) is 29.8. The van der Waals surface area contributed by atoms with Crippen molar-refractivity contribution in [3.8, 4) is 11.5 Å². The maximum Gasteiger partial charge on any atom is 0.335 e. The highest BCUT2D eigenvalue weighted by Crippen LogP contribution is 2.32. The van der Waals surface area contributed by atoms with Crippen LogP contribution in [0, 0.1) is 0 Å². The Morgan fingerprint density at radius 1 is 1.23 bits per heavy atom. The first-order valence-electron chi connectivity index (χ1n) is 8.21. The van der Waals surface area contributed by atoms with Crippen molar-refractivity contribution in [3.63, 3.8) is 0 Å². The Kier molecular flexibility index (Phi) is 6.79. The van der Waals surface area contributed by atoms with Crippen LogP contribution in [-0.2, 0) is 16.0 Å². The topological polar surface area (TPSA) is 138 Å². The number of rotatable bonds is 7. The zero-order valence-corrected chi connectivity index (χ0v) is 14.8. The van der Waals surface area contributed by atoms with Crippen LogP contribution >= 0.6 is 0 Å². The van der Waals surface area contributed by atoms with Gasteiger partial charge >= 0.3 is 5.97 Å². The lowest BCUT2D eigenvalue weighted by Gasteiger charge is -2.38. The van der Waals surface area contributed by atoms with Gasteiger partial charge in [0.15, 0.2) is 17.6 Å². The van der Waals surface area contributed by atoms with Gasteiger partial charge in [-0.1, -0.05) is 6.07 Å². The summed E-state index contributed by atoms with van der Waals surface area (Å²) in [6.45, 7) is 2.03. The van der Waals surface area contributed by atoms with Crippen LogP contribution in [0.4, 0.5) is 0 Å². The van der Waals surface area contributed by atoms with Crippen molar-refractivity contribution in [2.75, 3.05) is 14.2 Å². The molecule has 5 N–H and O–H groups in total. The summed E-state index contributed by atoms with van der Waals surface area (Å²) >= 11 is 0. The van der Waals surface area contributed by atoms with Crippen LogP contribution < -0.4 is 14.8 Å². The van der Waals surface area contributed by atoms with Crippen molar-refractivity contribution in [3.05, 3.63) is 23.8 Å². The molecule has 1 aromatic rings. The largest absolute Gasteiger partial charge is 0.493 e. The molecule has 0 aliphatic carbocycles. The molecule has 1 fully saturated rings. The standard InChI is InChI=1S/C17H25NO8/c1-8(18-2)6-9-4-5-10(11(7-9)24-3)25-17-14(21)12(19)13(20)15(26-17)16(22)23/h4-5,7-8,12-15,17-21H,6H2,1-3H3,(H,22,23)/t8?,12-,13-,14+,15-,17+/m0/s1. The predicted octanol–water partition coefficient (Wildman–Crippen LogP) is -0.883. The lowest BCUT2D eigenvalue weighted by Crippen LogP contribution is -2.61. The molecular weight excluding hydrogens is 346 g/mol. The number of aliphatic hydroxyl groups is 3. The van der Waals surface area contributed by atoms with Gasteiger partial charge in [-0.2, -0.15) is 0 Å². The van der Waals surface area contributed by atoms with Crippen molar-refractivity contribution < 1.29 is 39.4 Å². The number of carboxylic acid groups (broad SMARTS) is 1. The fraction of sp³-hybridized carbons (Fsp3) is 0.588. The smallest absolute Gasteiger partial charge is 0.335 e. The van der Waals surface area contributed by atoms with E-state index in [2.05, 4.69) is 5.32 Å². The van der Waals surface area contributed by atoms with Crippen LogP contribution in [0.5, 0.6) is 11.5 Å². The zero-order valence-electron chi connectivity index (χ0n) is 14.8. The van der Waals surface area contributed by atoms with Crippen molar-refractivity contribution in [2.24, 2.45) is 0 Å². The number of hydrogen-bond acceptors (Lipinski definition) is 8. The molecule has 2 rings (SSSR count). The van der Waals surface area contributed by atoms with E-state index in [4.69, 9.17) is 19.3 Å². The molecule has 1 unspecified atom stereocenters. The molecule has 146 valence electrons. The number of carbonyl (C=O) groups is 1. The third-order valence-electron chi connectivity index (χ3n) is 4.32. The monoisotopic (exact) mass is 371 g/mol. The number of benzene rings is 1. The second-order valence-corrected chi connectivity index (χ2v) is 6.23. The quantitative estimate of drug-likeness (QED) is 0.413. The van der Waals surface area contributed by atoms with Gasteiger partial charge in [0.05, 0.1) is 7.11 Å². The molecule has 1 aliphatic rings. The van der Waals surface area contributed by atoms with Gasteiger partial charge in [-0.3, -0.25) is 0 Å². The van der Waals surface area contributed by atoms with Crippen LogP contribution in [0.15, 0.2) is 18.2 Å². The minimum atomic E-state index is -1.77. The van der Waals surface area contributed by atoms with Crippen molar-refractivity contribution in [2.45, 2.75) is 50.1 Å². The summed E-state index contributed by atoms with van der Waals surface area (Å²) in [5.74, 6) is -0.889. The molecule has 1 heterocycles. The van der Waals surface area contributed by atoms with Gasteiger partial charge in [0, 0.05) is 6.04 Å². The number of nitrogens with one attached hydrogen (secondary N) is 1. The summed E-state index contributed by atoms with van der Waals surface area (Å²) in [7, 11) is 3.31. The molecule has 0 saturated carbocycles. The molecule has 0 radical (unpaired) electrons. The molecular formula is C17H25NO8. The molecule has 0 amide bonds. The third kappa shape index (κ3) is 4.43. The molecule has 9 nitrogen and oxygen atoms in total. The molecule has 1 aliphatic heterocycles. The molecule has 9 heteroatoms. The number of ether oxygens (including phenoxy) is 3. The average Bonchev–Trinajstić information content (AvgIpc) is 2.62. The molecule has 0 spiro atoms. The van der Waals surface area contributed by atoms with Gasteiger partial charge in [0.1, 0.15) is 18.3 Å². The maximum absolute atomic E-state index is 11.1. The average molecular weight is 371 g/mol. The summed E-state index contributed by atoms with van der Waals surface area (Å²) < 4.78 is 15.9. The van der Waals surface area contributed by atoms with Gasteiger partial charge in [-0.15, -0.1) is 0 Å². The Labute approximate surface area is 151 Å². The lowest BCUT2D eigenvalue weighted by atomic mass is 9.99. The Balaban J connectivity index is 2.19. The first-order chi connectivity index (χ1) is 12.3. The molecule has 1 aromatic carbocycles. The van der Waals surface area contributed by atoms with Crippen LogP contribution in [-0.4, -0.2) is 77.3 Å². The molecule has 6 atom stereocenters. The summed E-state index contributed by atoms with van der Waals surface area (Å²) in [5, 5.41) is 41.8. The predicted molar refractivity (Wildman–Crippen MR) is 90.2 cm³/mol. The highest BCUT2D eigenvalue weighted by Gasteiger charge is 2.48. The highest BCUT2D eigenvalue weighted by atomic mass is 16.7. The van der Waals surface area contributed by atoms with E-state index in [0.29, 0.717) is 5.75 Å². The first kappa shape index (κ1) is 20.4. The van der Waals surface area contributed by atoms with E-state index >= 15 is 0 Å². The van der Waals surface area contributed by atoms with Crippen molar-refractivity contribution in [1.82, 2.24) is 5.32 Å². The number of aliphatic carboxylic acids is 1. The highest BCUT2D eigenvalue weighted by molar-refractivity contribution is 5.73. The lowest BCUT2D eigenvalue weighted by molar-refractivity contribution is -0.271. The second kappa shape index (κ2) is 8.65. The van der Waals surface area contributed by atoms with E-state index in [1.807, 2.05) is 14.0 Å². The Bertz CT molecular complexity index is 625. The molecule has 26 heavy (non-hydrogen) atoms. The van der Waals surface area contributed by atoms with Gasteiger partial charge in [0.2, 0.25) is 6.29 Å². The van der Waals surface area contributed by atoms with E-state index in [1.165, 1.54) is 7.11 Å². The minimum Gasteiger partial charge on any atom is -0.493 e. The van der Waals surface area contributed by atoms with Crippen molar-refractivity contribution >= 4 is 5.97 Å². The number of likely N-dealkylation sites (N-methyl/N-ethyl adjacent to an activating group) is 1. The number of carboxylic acids is 1. The summed E-state index contributed by atoms with van der Waals surface area (Å²) in [4.78, 5) is 11.1. The summed E-state index contributed by atoms with van der Waals surface area (Å²) in [6, 6.07) is 5.43. The Hall–Kier alpha value is -1.91. The molecule has 0 bridgehead atoms. The number of hydrogen-bond donors (Lipinski definition) is 5. The Morgan fingerprint density at radius 2 is 1.92 bits per heavy atom. The van der Waals surface area contributed by atoms with Crippen molar-refractivity contribution in [1.29, 1.82) is 0 Å². The molecule has 1 saturated heterocycles. The minimum absolute atomic E-state index is 0.213. The third-order valence-corrected chi connectivity index (χ3v) is 4.32. The fourth-order valence-corrected chi connectivity index (χ4v) is 2.67. The van der Waals surface area contributed by atoms with Gasteiger partial charge in [0.25, 0.3) is 0 Å². The summed E-state index contributed by atoms with van der Waals surface area (Å²) in [6.07, 6.45) is -7.58. The fourth-order valence-electron chi connectivity index (χ4n) is 2.67. The van der Waals surface area contributed by atoms with Gasteiger partial charge in [-0.25, -0.2) is 4.79 Å². The first-order valence-corrected chi connectivity index (χ1v) is 8.21. The van der Waals surface area contributed by atoms with Crippen LogP contribution in [0.3, 0.4) is 0 Å². The van der Waals surface area contributed by atoms with E-state index in [-0.39, 0.29) is 11.8 Å². The van der Waals surface area contributed by atoms with Crippen LogP contribution in [0.2, 0.25) is 0 Å². The van der Waals surface area contributed by atoms with Crippen LogP contribution in [0.25, 0.3) is 0 Å². The van der Waals surface area contributed by atoms with E-state index in [1.54, 1.807) is 18.2 Å². The number of methoxy groups -OCH3 is 1.